The topological polar surface area (TPSA) is 101 Å². The molecule has 1 heterocycles. The van der Waals surface area contributed by atoms with E-state index in [1.54, 1.807) is 31.2 Å². The maximum absolute atomic E-state index is 12.1. The Morgan fingerprint density at radius 1 is 1.29 bits per heavy atom. The number of hydrogen-bond donors (Lipinski definition) is 2. The summed E-state index contributed by atoms with van der Waals surface area (Å²) in [6.45, 7) is 2.17. The fraction of sp³-hybridized carbons (Fsp3) is 0.286. The lowest BCUT2D eigenvalue weighted by molar-refractivity contribution is -0.142. The van der Waals surface area contributed by atoms with E-state index >= 15 is 0 Å². The van der Waals surface area contributed by atoms with Crippen LogP contribution in [0.1, 0.15) is 23.8 Å². The van der Waals surface area contributed by atoms with Gasteiger partial charge in [-0.2, -0.15) is 5.10 Å². The summed E-state index contributed by atoms with van der Waals surface area (Å²) in [6.07, 6.45) is 0.0842. The number of hydrogen-bond acceptors (Lipinski definition) is 5. The van der Waals surface area contributed by atoms with Gasteiger partial charge in [-0.3, -0.25) is 14.4 Å². The molecular formula is C14H15N3O4. The number of nitrogens with zero attached hydrogens (tertiary/aromatic N) is 1. The van der Waals surface area contributed by atoms with Crippen LogP contribution < -0.4 is 10.9 Å². The fourth-order valence-electron chi connectivity index (χ4n) is 1.88. The summed E-state index contributed by atoms with van der Waals surface area (Å²) >= 11 is 0. The molecule has 1 aromatic carbocycles. The number of aromatic amines is 1. The second-order valence-corrected chi connectivity index (χ2v) is 4.26. The van der Waals surface area contributed by atoms with E-state index in [2.05, 4.69) is 15.5 Å². The van der Waals surface area contributed by atoms with E-state index in [-0.39, 0.29) is 30.2 Å². The van der Waals surface area contributed by atoms with Gasteiger partial charge in [0.2, 0.25) is 0 Å². The second kappa shape index (κ2) is 6.65. The van der Waals surface area contributed by atoms with Crippen molar-refractivity contribution in [2.45, 2.75) is 13.3 Å². The number of fused-ring (bicyclic) bond motifs is 1. The molecule has 2 aromatic rings. The Morgan fingerprint density at radius 2 is 2.00 bits per heavy atom. The maximum Gasteiger partial charge on any atom is 0.307 e. The number of esters is 1. The van der Waals surface area contributed by atoms with E-state index in [1.165, 1.54) is 0 Å². The first-order valence-corrected chi connectivity index (χ1v) is 6.54. The lowest BCUT2D eigenvalue weighted by atomic mass is 10.1. The van der Waals surface area contributed by atoms with Crippen molar-refractivity contribution in [2.24, 2.45) is 0 Å². The lowest BCUT2D eigenvalue weighted by Crippen LogP contribution is -2.28. The molecule has 0 aliphatic carbocycles. The zero-order valence-electron chi connectivity index (χ0n) is 11.5. The molecule has 0 spiro atoms. The maximum atomic E-state index is 12.1. The van der Waals surface area contributed by atoms with Crippen molar-refractivity contribution < 1.29 is 14.3 Å². The molecule has 7 nitrogen and oxygen atoms in total. The number of benzene rings is 1. The summed E-state index contributed by atoms with van der Waals surface area (Å²) in [5, 5.41) is 9.49. The number of carbonyl (C=O) groups excluding carboxylic acids is 2. The molecular weight excluding hydrogens is 274 g/mol. The summed E-state index contributed by atoms with van der Waals surface area (Å²) in [5.74, 6) is -0.830. The molecule has 2 N–H and O–H groups in total. The third-order valence-electron chi connectivity index (χ3n) is 2.83. The molecule has 21 heavy (non-hydrogen) atoms. The van der Waals surface area contributed by atoms with Crippen molar-refractivity contribution in [3.8, 4) is 0 Å². The molecule has 0 fully saturated rings. The van der Waals surface area contributed by atoms with Gasteiger partial charge in [-0.15, -0.1) is 0 Å². The van der Waals surface area contributed by atoms with Crippen molar-refractivity contribution in [1.29, 1.82) is 0 Å². The predicted octanol–water partition coefficient (Wildman–Crippen LogP) is 0.606. The van der Waals surface area contributed by atoms with Gasteiger partial charge in [0, 0.05) is 11.9 Å². The summed E-state index contributed by atoms with van der Waals surface area (Å²) < 4.78 is 4.76. The normalized spacial score (nSPS) is 10.3. The van der Waals surface area contributed by atoms with Crippen LogP contribution in [0.2, 0.25) is 0 Å². The van der Waals surface area contributed by atoms with E-state index < -0.39 is 5.91 Å². The van der Waals surface area contributed by atoms with Crippen molar-refractivity contribution in [1.82, 2.24) is 15.5 Å². The number of ether oxygens (including phenoxy) is 1. The Balaban J connectivity index is 2.12. The van der Waals surface area contributed by atoms with E-state index in [1.807, 2.05) is 0 Å². The van der Waals surface area contributed by atoms with Gasteiger partial charge < -0.3 is 10.1 Å². The predicted molar refractivity (Wildman–Crippen MR) is 75.9 cm³/mol. The smallest absolute Gasteiger partial charge is 0.307 e. The minimum absolute atomic E-state index is 0.0842. The minimum Gasteiger partial charge on any atom is -0.466 e. The molecule has 0 aliphatic rings. The Bertz CT molecular complexity index is 723. The Morgan fingerprint density at radius 3 is 2.71 bits per heavy atom. The van der Waals surface area contributed by atoms with Gasteiger partial charge in [0.25, 0.3) is 11.5 Å². The summed E-state index contributed by atoms with van der Waals surface area (Å²) in [7, 11) is 0. The molecule has 0 atom stereocenters. The summed E-state index contributed by atoms with van der Waals surface area (Å²) in [6, 6.07) is 6.70. The first-order valence-electron chi connectivity index (χ1n) is 6.54. The third-order valence-corrected chi connectivity index (χ3v) is 2.83. The fourth-order valence-corrected chi connectivity index (χ4v) is 1.88. The molecule has 0 saturated carbocycles. The van der Waals surface area contributed by atoms with Crippen molar-refractivity contribution >= 4 is 22.6 Å². The number of rotatable bonds is 5. The highest BCUT2D eigenvalue weighted by atomic mass is 16.5. The van der Waals surface area contributed by atoms with Crippen molar-refractivity contribution in [2.75, 3.05) is 13.2 Å². The summed E-state index contributed by atoms with van der Waals surface area (Å²) in [4.78, 5) is 34.9. The molecule has 110 valence electrons. The highest BCUT2D eigenvalue weighted by Crippen LogP contribution is 2.11. The quantitative estimate of drug-likeness (QED) is 0.785. The standard InChI is InChI=1S/C14H15N3O4/c1-2-21-11(18)7-8-15-14(20)12-9-5-3-4-6-10(9)13(19)17-16-12/h3-6H,2,7-8H2,1H3,(H,15,20)(H,17,19). The Labute approximate surface area is 120 Å². The van der Waals surface area contributed by atoms with Gasteiger partial charge in [0.1, 0.15) is 0 Å². The van der Waals surface area contributed by atoms with Crippen LogP contribution in [-0.2, 0) is 9.53 Å². The van der Waals surface area contributed by atoms with Crippen LogP contribution in [0, 0.1) is 0 Å². The monoisotopic (exact) mass is 289 g/mol. The van der Waals surface area contributed by atoms with Crippen LogP contribution in [0.3, 0.4) is 0 Å². The average Bonchev–Trinajstić information content (AvgIpc) is 2.48. The minimum atomic E-state index is -0.452. The zero-order valence-corrected chi connectivity index (χ0v) is 11.5. The molecule has 1 amide bonds. The molecule has 2 rings (SSSR count). The molecule has 0 saturated heterocycles. The van der Waals surface area contributed by atoms with E-state index in [9.17, 15) is 14.4 Å². The van der Waals surface area contributed by atoms with Crippen LogP contribution in [0.25, 0.3) is 10.8 Å². The number of H-pyrrole nitrogens is 1. The van der Waals surface area contributed by atoms with Gasteiger partial charge in [-0.1, -0.05) is 18.2 Å². The molecule has 7 heteroatoms. The van der Waals surface area contributed by atoms with E-state index in [0.29, 0.717) is 17.4 Å². The van der Waals surface area contributed by atoms with Gasteiger partial charge in [-0.25, -0.2) is 5.10 Å². The summed E-state index contributed by atoms with van der Waals surface area (Å²) in [5.41, 5.74) is -0.234. The van der Waals surface area contributed by atoms with Crippen LogP contribution in [0.5, 0.6) is 0 Å². The first kappa shape index (κ1) is 14.7. The van der Waals surface area contributed by atoms with Gasteiger partial charge in [-0.05, 0) is 13.0 Å². The van der Waals surface area contributed by atoms with Crippen LogP contribution in [-0.4, -0.2) is 35.2 Å². The van der Waals surface area contributed by atoms with Crippen LogP contribution in [0.15, 0.2) is 29.1 Å². The number of nitrogens with one attached hydrogen (secondary N) is 2. The number of amides is 1. The first-order chi connectivity index (χ1) is 10.1. The molecule has 0 aliphatic heterocycles. The highest BCUT2D eigenvalue weighted by Gasteiger charge is 2.13. The van der Waals surface area contributed by atoms with E-state index in [4.69, 9.17) is 4.74 Å². The molecule has 1 aromatic heterocycles. The molecule has 0 radical (unpaired) electrons. The third kappa shape index (κ3) is 3.44. The van der Waals surface area contributed by atoms with Gasteiger partial charge in [0.15, 0.2) is 5.69 Å². The van der Waals surface area contributed by atoms with Crippen molar-refractivity contribution in [3.05, 3.63) is 40.3 Å². The highest BCUT2D eigenvalue weighted by molar-refractivity contribution is 6.04. The lowest BCUT2D eigenvalue weighted by Gasteiger charge is -2.06. The average molecular weight is 289 g/mol. The van der Waals surface area contributed by atoms with Crippen molar-refractivity contribution in [3.63, 3.8) is 0 Å². The molecule has 0 unspecified atom stereocenters. The van der Waals surface area contributed by atoms with Crippen LogP contribution >= 0.6 is 0 Å². The van der Waals surface area contributed by atoms with Gasteiger partial charge >= 0.3 is 5.97 Å². The van der Waals surface area contributed by atoms with Gasteiger partial charge in [0.05, 0.1) is 18.4 Å². The second-order valence-electron chi connectivity index (χ2n) is 4.26. The SMILES string of the molecule is CCOC(=O)CCNC(=O)c1n[nH]c(=O)c2ccccc12. The van der Waals surface area contributed by atoms with E-state index in [0.717, 1.165) is 0 Å². The largest absolute Gasteiger partial charge is 0.466 e. The zero-order chi connectivity index (χ0) is 15.2. The number of carbonyl (C=O) groups is 2. The Hall–Kier alpha value is -2.70. The molecule has 0 bridgehead atoms. The number of aromatic nitrogens is 2. The van der Waals surface area contributed by atoms with Crippen LogP contribution in [0.4, 0.5) is 0 Å². The Kier molecular flexibility index (Phi) is 4.65.